The smallest absolute Gasteiger partial charge is 0.250 e. The maximum absolute atomic E-state index is 12.2. The first-order chi connectivity index (χ1) is 14.6. The van der Waals surface area contributed by atoms with E-state index in [1.54, 1.807) is 7.05 Å². The van der Waals surface area contributed by atoms with E-state index < -0.39 is 0 Å². The number of benzene rings is 2. The quantitative estimate of drug-likeness (QED) is 0.588. The van der Waals surface area contributed by atoms with E-state index in [4.69, 9.17) is 4.84 Å². The Hall–Kier alpha value is -2.90. The van der Waals surface area contributed by atoms with Crippen molar-refractivity contribution in [1.82, 2.24) is 19.5 Å². The van der Waals surface area contributed by atoms with E-state index in [1.807, 2.05) is 24.5 Å². The minimum Gasteiger partial charge on any atom is -0.369 e. The number of aromatic nitrogens is 2. The van der Waals surface area contributed by atoms with Gasteiger partial charge in [0.1, 0.15) is 6.33 Å². The first kappa shape index (κ1) is 20.4. The molecule has 158 valence electrons. The first-order valence-electron chi connectivity index (χ1n) is 10.4. The molecule has 7 heteroatoms. The topological polar surface area (TPSA) is 53.8 Å². The SMILES string of the molecule is CCN1CCN(c2ccc(-n3cnc4ccc(CC(=O)N(C)OC)cc43)cc2)CC1. The van der Waals surface area contributed by atoms with E-state index in [1.165, 1.54) is 17.9 Å². The molecule has 2 aromatic carbocycles. The highest BCUT2D eigenvalue weighted by molar-refractivity contribution is 5.82. The number of hydrogen-bond acceptors (Lipinski definition) is 5. The normalized spacial score (nSPS) is 15.0. The van der Waals surface area contributed by atoms with Gasteiger partial charge in [-0.05, 0) is 48.5 Å². The summed E-state index contributed by atoms with van der Waals surface area (Å²) in [5.74, 6) is -0.0876. The van der Waals surface area contributed by atoms with Crippen LogP contribution in [-0.2, 0) is 16.1 Å². The van der Waals surface area contributed by atoms with Gasteiger partial charge in [-0.25, -0.2) is 10.0 Å². The monoisotopic (exact) mass is 407 g/mol. The fourth-order valence-electron chi connectivity index (χ4n) is 3.90. The van der Waals surface area contributed by atoms with Gasteiger partial charge in [0.2, 0.25) is 5.91 Å². The van der Waals surface area contributed by atoms with Gasteiger partial charge in [0.15, 0.2) is 0 Å². The van der Waals surface area contributed by atoms with E-state index in [9.17, 15) is 4.79 Å². The molecule has 1 aliphatic heterocycles. The molecule has 1 aromatic heterocycles. The molecule has 0 saturated carbocycles. The molecule has 4 rings (SSSR count). The maximum atomic E-state index is 12.2. The van der Waals surface area contributed by atoms with Crippen LogP contribution in [0.5, 0.6) is 0 Å². The number of anilines is 1. The molecule has 0 bridgehead atoms. The summed E-state index contributed by atoms with van der Waals surface area (Å²) in [7, 11) is 3.11. The van der Waals surface area contributed by atoms with Gasteiger partial charge in [0, 0.05) is 44.6 Å². The van der Waals surface area contributed by atoms with Gasteiger partial charge in [0.05, 0.1) is 24.6 Å². The van der Waals surface area contributed by atoms with Crippen molar-refractivity contribution < 1.29 is 9.63 Å². The summed E-state index contributed by atoms with van der Waals surface area (Å²) in [6.45, 7) is 7.70. The molecule has 1 aliphatic rings. The molecule has 0 aliphatic carbocycles. The number of rotatable bonds is 6. The zero-order valence-corrected chi connectivity index (χ0v) is 17.9. The molecule has 7 nitrogen and oxygen atoms in total. The molecule has 1 fully saturated rings. The van der Waals surface area contributed by atoms with Crippen LogP contribution in [0.3, 0.4) is 0 Å². The average Bonchev–Trinajstić information content (AvgIpc) is 3.22. The molecule has 0 atom stereocenters. The lowest BCUT2D eigenvalue weighted by molar-refractivity contribution is -0.167. The summed E-state index contributed by atoms with van der Waals surface area (Å²) in [6, 6.07) is 14.6. The number of fused-ring (bicyclic) bond motifs is 1. The molecule has 1 amide bonds. The van der Waals surface area contributed by atoms with Crippen LogP contribution in [-0.4, -0.2) is 72.3 Å². The molecule has 30 heavy (non-hydrogen) atoms. The fraction of sp³-hybridized carbons (Fsp3) is 0.391. The van der Waals surface area contributed by atoms with Gasteiger partial charge in [-0.2, -0.15) is 0 Å². The van der Waals surface area contributed by atoms with E-state index >= 15 is 0 Å². The third-order valence-corrected chi connectivity index (χ3v) is 5.90. The van der Waals surface area contributed by atoms with Crippen molar-refractivity contribution in [2.75, 3.05) is 51.8 Å². The van der Waals surface area contributed by atoms with E-state index in [-0.39, 0.29) is 12.3 Å². The van der Waals surface area contributed by atoms with Crippen LogP contribution in [0.25, 0.3) is 16.7 Å². The number of hydrogen-bond donors (Lipinski definition) is 0. The number of hydroxylamine groups is 2. The minimum absolute atomic E-state index is 0.0876. The second-order valence-electron chi connectivity index (χ2n) is 7.63. The average molecular weight is 408 g/mol. The van der Waals surface area contributed by atoms with Crippen molar-refractivity contribution in [3.8, 4) is 5.69 Å². The van der Waals surface area contributed by atoms with Gasteiger partial charge < -0.3 is 9.80 Å². The van der Waals surface area contributed by atoms with E-state index in [0.29, 0.717) is 0 Å². The molecule has 1 saturated heterocycles. The van der Waals surface area contributed by atoms with Gasteiger partial charge in [-0.1, -0.05) is 13.0 Å². The number of imidazole rings is 1. The molecular formula is C23H29N5O2. The Bertz CT molecular complexity index is 1010. The largest absolute Gasteiger partial charge is 0.369 e. The number of amides is 1. The van der Waals surface area contributed by atoms with Crippen LogP contribution in [0.2, 0.25) is 0 Å². The minimum atomic E-state index is -0.0876. The Kier molecular flexibility index (Phi) is 6.01. The number of carbonyl (C=O) groups excluding carboxylic acids is 1. The van der Waals surface area contributed by atoms with E-state index in [0.717, 1.165) is 55.0 Å². The summed E-state index contributed by atoms with van der Waals surface area (Å²) in [5.41, 5.74) is 5.15. The first-order valence-corrected chi connectivity index (χ1v) is 10.4. The highest BCUT2D eigenvalue weighted by Gasteiger charge is 2.16. The number of nitrogens with zero attached hydrogens (tertiary/aromatic N) is 5. The Morgan fingerprint density at radius 3 is 2.43 bits per heavy atom. The molecule has 0 radical (unpaired) electrons. The van der Waals surface area contributed by atoms with Crippen LogP contribution in [0.4, 0.5) is 5.69 Å². The molecule has 0 spiro atoms. The summed E-state index contributed by atoms with van der Waals surface area (Å²) in [6.07, 6.45) is 2.13. The van der Waals surface area contributed by atoms with Crippen molar-refractivity contribution in [3.05, 3.63) is 54.4 Å². The predicted molar refractivity (Wildman–Crippen MR) is 119 cm³/mol. The van der Waals surface area contributed by atoms with Crippen molar-refractivity contribution in [2.24, 2.45) is 0 Å². The Morgan fingerprint density at radius 1 is 1.07 bits per heavy atom. The molecule has 2 heterocycles. The third kappa shape index (κ3) is 4.17. The molecular weight excluding hydrogens is 378 g/mol. The summed E-state index contributed by atoms with van der Waals surface area (Å²) in [5, 5.41) is 1.25. The Balaban J connectivity index is 1.54. The summed E-state index contributed by atoms with van der Waals surface area (Å²) >= 11 is 0. The molecule has 0 unspecified atom stereocenters. The fourth-order valence-corrected chi connectivity index (χ4v) is 3.90. The summed E-state index contributed by atoms with van der Waals surface area (Å²) < 4.78 is 2.07. The van der Waals surface area contributed by atoms with Crippen LogP contribution in [0.1, 0.15) is 12.5 Å². The van der Waals surface area contributed by atoms with Crippen LogP contribution >= 0.6 is 0 Å². The molecule has 3 aromatic rings. The highest BCUT2D eigenvalue weighted by Crippen LogP contribution is 2.23. The lowest BCUT2D eigenvalue weighted by Gasteiger charge is -2.35. The highest BCUT2D eigenvalue weighted by atomic mass is 16.7. The van der Waals surface area contributed by atoms with Crippen LogP contribution in [0.15, 0.2) is 48.8 Å². The van der Waals surface area contributed by atoms with Gasteiger partial charge >= 0.3 is 0 Å². The number of likely N-dealkylation sites (N-methyl/N-ethyl adjacent to an activating group) is 2. The number of piperazine rings is 1. The predicted octanol–water partition coefficient (Wildman–Crippen LogP) is 2.73. The standard InChI is InChI=1S/C23H29N5O2/c1-4-26-11-13-27(14-12-26)19-6-8-20(9-7-19)28-17-24-21-10-5-18(15-22(21)28)16-23(29)25(2)30-3/h5-10,15,17H,4,11-14,16H2,1-3H3. The van der Waals surface area contributed by atoms with Gasteiger partial charge in [0.25, 0.3) is 0 Å². The van der Waals surface area contributed by atoms with Crippen LogP contribution in [0, 0.1) is 0 Å². The lowest BCUT2D eigenvalue weighted by atomic mass is 10.1. The zero-order valence-electron chi connectivity index (χ0n) is 17.9. The van der Waals surface area contributed by atoms with Crippen molar-refractivity contribution in [1.29, 1.82) is 0 Å². The second kappa shape index (κ2) is 8.85. The maximum Gasteiger partial charge on any atom is 0.250 e. The lowest BCUT2D eigenvalue weighted by Crippen LogP contribution is -2.46. The third-order valence-electron chi connectivity index (χ3n) is 5.90. The van der Waals surface area contributed by atoms with Crippen molar-refractivity contribution in [2.45, 2.75) is 13.3 Å². The Labute approximate surface area is 177 Å². The number of carbonyl (C=O) groups is 1. The van der Waals surface area contributed by atoms with Gasteiger partial charge in [-0.3, -0.25) is 14.2 Å². The van der Waals surface area contributed by atoms with Gasteiger partial charge in [-0.15, -0.1) is 0 Å². The van der Waals surface area contributed by atoms with Crippen molar-refractivity contribution >= 4 is 22.6 Å². The Morgan fingerprint density at radius 2 is 1.77 bits per heavy atom. The van der Waals surface area contributed by atoms with Crippen molar-refractivity contribution in [3.63, 3.8) is 0 Å². The van der Waals surface area contributed by atoms with Crippen LogP contribution < -0.4 is 4.90 Å². The summed E-state index contributed by atoms with van der Waals surface area (Å²) in [4.78, 5) is 26.6. The molecule has 0 N–H and O–H groups in total. The zero-order chi connectivity index (χ0) is 21.1. The van der Waals surface area contributed by atoms with E-state index in [2.05, 4.69) is 50.5 Å². The second-order valence-corrected chi connectivity index (χ2v) is 7.63.